The topological polar surface area (TPSA) is 99.9 Å². The Kier molecular flexibility index (Phi) is 5.17. The first-order valence-corrected chi connectivity index (χ1v) is 12.1. The van der Waals surface area contributed by atoms with Crippen LogP contribution in [0.4, 0.5) is 17.3 Å². The Morgan fingerprint density at radius 1 is 1.09 bits per heavy atom. The molecule has 0 atom stereocenters. The summed E-state index contributed by atoms with van der Waals surface area (Å²) in [6.45, 7) is 5.81. The van der Waals surface area contributed by atoms with Crippen LogP contribution in [0, 0.1) is 5.41 Å². The van der Waals surface area contributed by atoms with Crippen LogP contribution in [0.25, 0.3) is 22.3 Å². The van der Waals surface area contributed by atoms with Crippen molar-refractivity contribution < 1.29 is 0 Å². The monoisotopic (exact) mass is 454 g/mol. The molecule has 2 aliphatic rings. The fraction of sp³-hybridized carbons (Fsp3) is 0.385. The largest absolute Gasteiger partial charge is 0.355 e. The number of rotatable bonds is 4. The van der Waals surface area contributed by atoms with E-state index in [0.717, 1.165) is 80.2 Å². The minimum Gasteiger partial charge on any atom is -0.355 e. The number of pyridine rings is 1. The smallest absolute Gasteiger partial charge is 0.183 e. The van der Waals surface area contributed by atoms with Crippen molar-refractivity contribution in [2.45, 2.75) is 32.6 Å². The number of benzene rings is 1. The first kappa shape index (κ1) is 21.0. The van der Waals surface area contributed by atoms with Crippen molar-refractivity contribution in [1.82, 2.24) is 25.1 Å². The summed E-state index contributed by atoms with van der Waals surface area (Å²) in [6, 6.07) is 10.6. The van der Waals surface area contributed by atoms with E-state index in [0.29, 0.717) is 0 Å². The molecule has 0 bridgehead atoms. The molecule has 0 unspecified atom stereocenters. The Hall–Kier alpha value is -3.52. The number of piperidine rings is 1. The maximum absolute atomic E-state index is 5.98. The molecule has 174 valence electrons. The van der Waals surface area contributed by atoms with E-state index in [9.17, 15) is 0 Å². The van der Waals surface area contributed by atoms with Crippen LogP contribution in [0.2, 0.25) is 0 Å². The van der Waals surface area contributed by atoms with Crippen molar-refractivity contribution in [2.24, 2.45) is 11.1 Å². The van der Waals surface area contributed by atoms with Gasteiger partial charge in [-0.1, -0.05) is 25.1 Å². The SMILES string of the molecule is CC1(CN)CCN(c2cnc3c(N4CCCc5c(-c6cccnc6)cccc54)n[nH]c3n2)CC1. The molecule has 4 aromatic rings. The highest BCUT2D eigenvalue weighted by molar-refractivity contribution is 5.89. The van der Waals surface area contributed by atoms with E-state index >= 15 is 0 Å². The lowest BCUT2D eigenvalue weighted by Crippen LogP contribution is -2.42. The standard InChI is InChI=1S/C26H30N8/c1-26(17-27)9-13-33(14-10-26)22-16-29-23-24(30-22)31-32-25(23)34-12-4-7-20-19(6-2-8-21(20)34)18-5-3-11-28-15-18/h2-3,5-6,8,11,15-16H,4,7,9-10,12-14,17,27H2,1H3,(H,30,31,32). The number of H-pyrrole nitrogens is 1. The van der Waals surface area contributed by atoms with E-state index < -0.39 is 0 Å². The van der Waals surface area contributed by atoms with Gasteiger partial charge in [0, 0.05) is 43.3 Å². The number of nitrogens with two attached hydrogens (primary N) is 1. The highest BCUT2D eigenvalue weighted by Gasteiger charge is 2.30. The van der Waals surface area contributed by atoms with Gasteiger partial charge in [0.25, 0.3) is 0 Å². The normalized spacial score (nSPS) is 17.7. The molecular formula is C26H30N8. The van der Waals surface area contributed by atoms with Crippen LogP contribution in [-0.2, 0) is 6.42 Å². The second-order valence-electron chi connectivity index (χ2n) is 9.77. The summed E-state index contributed by atoms with van der Waals surface area (Å²) in [5.41, 5.74) is 12.6. The second kappa shape index (κ2) is 8.36. The maximum Gasteiger partial charge on any atom is 0.183 e. The third-order valence-corrected chi connectivity index (χ3v) is 7.51. The lowest BCUT2D eigenvalue weighted by molar-refractivity contribution is 0.258. The Labute approximate surface area is 199 Å². The number of anilines is 3. The van der Waals surface area contributed by atoms with Gasteiger partial charge in [-0.3, -0.25) is 10.1 Å². The number of fused-ring (bicyclic) bond motifs is 2. The van der Waals surface area contributed by atoms with Crippen molar-refractivity contribution in [3.05, 3.63) is 54.5 Å². The molecule has 8 nitrogen and oxygen atoms in total. The molecule has 6 rings (SSSR count). The van der Waals surface area contributed by atoms with Gasteiger partial charge in [-0.15, -0.1) is 0 Å². The lowest BCUT2D eigenvalue weighted by Gasteiger charge is -2.39. The van der Waals surface area contributed by atoms with Gasteiger partial charge in [0.2, 0.25) is 0 Å². The predicted octanol–water partition coefficient (Wildman–Crippen LogP) is 4.06. The van der Waals surface area contributed by atoms with E-state index in [1.165, 1.54) is 16.8 Å². The van der Waals surface area contributed by atoms with E-state index in [1.807, 2.05) is 24.7 Å². The third-order valence-electron chi connectivity index (χ3n) is 7.51. The van der Waals surface area contributed by atoms with Crippen molar-refractivity contribution >= 4 is 28.5 Å². The molecular weight excluding hydrogens is 424 g/mol. The molecule has 0 aliphatic carbocycles. The highest BCUT2D eigenvalue weighted by Crippen LogP contribution is 2.40. The molecule has 3 N–H and O–H groups in total. The van der Waals surface area contributed by atoms with Gasteiger partial charge in [-0.25, -0.2) is 9.97 Å². The fourth-order valence-corrected chi connectivity index (χ4v) is 5.24. The van der Waals surface area contributed by atoms with Crippen molar-refractivity contribution in [1.29, 1.82) is 0 Å². The summed E-state index contributed by atoms with van der Waals surface area (Å²) in [7, 11) is 0. The molecule has 1 saturated heterocycles. The van der Waals surface area contributed by atoms with Crippen LogP contribution in [0.5, 0.6) is 0 Å². The third kappa shape index (κ3) is 3.58. The molecule has 0 radical (unpaired) electrons. The Balaban J connectivity index is 1.33. The molecule has 3 aromatic heterocycles. The number of nitrogens with zero attached hydrogens (tertiary/aromatic N) is 6. The number of hydrogen-bond donors (Lipinski definition) is 2. The van der Waals surface area contributed by atoms with Crippen molar-refractivity contribution in [3.8, 4) is 11.1 Å². The van der Waals surface area contributed by atoms with Crippen molar-refractivity contribution in [3.63, 3.8) is 0 Å². The van der Waals surface area contributed by atoms with Gasteiger partial charge in [0.05, 0.1) is 6.20 Å². The fourth-order valence-electron chi connectivity index (χ4n) is 5.24. The number of nitrogens with one attached hydrogen (secondary N) is 1. The average molecular weight is 455 g/mol. The molecule has 2 aliphatic heterocycles. The summed E-state index contributed by atoms with van der Waals surface area (Å²) in [5, 5.41) is 7.82. The molecule has 1 fully saturated rings. The van der Waals surface area contributed by atoms with Crippen LogP contribution in [0.1, 0.15) is 31.7 Å². The average Bonchev–Trinajstić information content (AvgIpc) is 3.32. The highest BCUT2D eigenvalue weighted by atomic mass is 15.3. The Morgan fingerprint density at radius 3 is 2.76 bits per heavy atom. The molecule has 0 amide bonds. The maximum atomic E-state index is 5.98. The van der Waals surface area contributed by atoms with Crippen LogP contribution in [-0.4, -0.2) is 51.3 Å². The minimum atomic E-state index is 0.228. The van der Waals surface area contributed by atoms with Gasteiger partial charge in [0.15, 0.2) is 17.0 Å². The van der Waals surface area contributed by atoms with Crippen LogP contribution >= 0.6 is 0 Å². The van der Waals surface area contributed by atoms with Crippen molar-refractivity contribution in [2.75, 3.05) is 36.0 Å². The first-order chi connectivity index (χ1) is 16.6. The zero-order valence-electron chi connectivity index (χ0n) is 19.5. The quantitative estimate of drug-likeness (QED) is 0.479. The molecule has 34 heavy (non-hydrogen) atoms. The van der Waals surface area contributed by atoms with Gasteiger partial charge in [-0.2, -0.15) is 5.10 Å². The van der Waals surface area contributed by atoms with Gasteiger partial charge in [0.1, 0.15) is 5.82 Å². The summed E-state index contributed by atoms with van der Waals surface area (Å²) in [5.74, 6) is 1.74. The molecule has 0 spiro atoms. The molecule has 5 heterocycles. The molecule has 8 heteroatoms. The van der Waals surface area contributed by atoms with E-state index in [1.54, 1.807) is 0 Å². The second-order valence-corrected chi connectivity index (χ2v) is 9.77. The zero-order valence-corrected chi connectivity index (χ0v) is 19.5. The zero-order chi connectivity index (χ0) is 23.1. The Morgan fingerprint density at radius 2 is 1.97 bits per heavy atom. The van der Waals surface area contributed by atoms with E-state index in [-0.39, 0.29) is 5.41 Å². The predicted molar refractivity (Wildman–Crippen MR) is 135 cm³/mol. The van der Waals surface area contributed by atoms with Gasteiger partial charge in [-0.05, 0) is 60.9 Å². The summed E-state index contributed by atoms with van der Waals surface area (Å²) >= 11 is 0. The lowest BCUT2D eigenvalue weighted by atomic mass is 9.80. The van der Waals surface area contributed by atoms with E-state index in [2.05, 4.69) is 56.2 Å². The van der Waals surface area contributed by atoms with Crippen LogP contribution in [0.3, 0.4) is 0 Å². The van der Waals surface area contributed by atoms with Crippen LogP contribution in [0.15, 0.2) is 48.9 Å². The molecule has 0 saturated carbocycles. The minimum absolute atomic E-state index is 0.228. The first-order valence-electron chi connectivity index (χ1n) is 12.1. The summed E-state index contributed by atoms with van der Waals surface area (Å²) in [4.78, 5) is 18.6. The number of aromatic nitrogens is 5. The van der Waals surface area contributed by atoms with Gasteiger partial charge < -0.3 is 15.5 Å². The van der Waals surface area contributed by atoms with Crippen LogP contribution < -0.4 is 15.5 Å². The van der Waals surface area contributed by atoms with E-state index in [4.69, 9.17) is 15.7 Å². The molecule has 1 aromatic carbocycles. The number of hydrogen-bond acceptors (Lipinski definition) is 7. The van der Waals surface area contributed by atoms with Gasteiger partial charge >= 0.3 is 0 Å². The number of aromatic amines is 1. The summed E-state index contributed by atoms with van der Waals surface area (Å²) < 4.78 is 0. The Bertz CT molecular complexity index is 1310. The summed E-state index contributed by atoms with van der Waals surface area (Å²) in [6.07, 6.45) is 9.87.